The van der Waals surface area contributed by atoms with Gasteiger partial charge in [-0.2, -0.15) is 0 Å². The normalized spacial score (nSPS) is 20.6. The lowest BCUT2D eigenvalue weighted by molar-refractivity contribution is 0.199. The second-order valence-electron chi connectivity index (χ2n) is 4.50. The predicted molar refractivity (Wildman–Crippen MR) is 66.1 cm³/mol. The molecule has 1 atom stereocenters. The van der Waals surface area contributed by atoms with Crippen LogP contribution in [-0.4, -0.2) is 24.0 Å². The summed E-state index contributed by atoms with van der Waals surface area (Å²) in [6.45, 7) is 1.75. The standard InChI is InChI=1S/C12H15F3N2.ClH/c13-10-5-12(15)11(14)4-8(10)6-17-3-1-2-9(16)7-17;/h4-5,9H,1-3,6-7,16H2;1H. The number of nitrogens with zero attached hydrogens (tertiary/aromatic N) is 1. The van der Waals surface area contributed by atoms with Crippen molar-refractivity contribution >= 4 is 12.4 Å². The zero-order valence-electron chi connectivity index (χ0n) is 9.83. The van der Waals surface area contributed by atoms with Gasteiger partial charge in [-0.15, -0.1) is 12.4 Å². The maximum atomic E-state index is 13.4. The van der Waals surface area contributed by atoms with Gasteiger partial charge in [0.25, 0.3) is 0 Å². The van der Waals surface area contributed by atoms with Crippen LogP contribution < -0.4 is 5.73 Å². The third kappa shape index (κ3) is 3.60. The van der Waals surface area contributed by atoms with E-state index in [2.05, 4.69) is 0 Å². The first kappa shape index (κ1) is 15.3. The van der Waals surface area contributed by atoms with E-state index in [0.29, 0.717) is 12.6 Å². The van der Waals surface area contributed by atoms with Gasteiger partial charge in [-0.1, -0.05) is 0 Å². The molecule has 1 heterocycles. The summed E-state index contributed by atoms with van der Waals surface area (Å²) in [4.78, 5) is 1.96. The highest BCUT2D eigenvalue weighted by Crippen LogP contribution is 2.18. The fraction of sp³-hybridized carbons (Fsp3) is 0.500. The van der Waals surface area contributed by atoms with E-state index >= 15 is 0 Å². The van der Waals surface area contributed by atoms with Gasteiger partial charge in [-0.05, 0) is 25.5 Å². The Labute approximate surface area is 110 Å². The smallest absolute Gasteiger partial charge is 0.161 e. The molecule has 2 rings (SSSR count). The molecule has 0 aromatic heterocycles. The molecule has 1 aromatic rings. The predicted octanol–water partition coefficient (Wildman–Crippen LogP) is 2.45. The van der Waals surface area contributed by atoms with Gasteiger partial charge in [0.1, 0.15) is 5.82 Å². The van der Waals surface area contributed by atoms with Crippen molar-refractivity contribution in [1.82, 2.24) is 4.90 Å². The molecule has 0 aliphatic carbocycles. The first-order valence-corrected chi connectivity index (χ1v) is 5.67. The number of likely N-dealkylation sites (tertiary alicyclic amines) is 1. The van der Waals surface area contributed by atoms with Crippen LogP contribution >= 0.6 is 12.4 Å². The maximum absolute atomic E-state index is 13.4. The van der Waals surface area contributed by atoms with E-state index < -0.39 is 17.5 Å². The molecule has 2 N–H and O–H groups in total. The number of nitrogens with two attached hydrogens (primary N) is 1. The summed E-state index contributed by atoms with van der Waals surface area (Å²) in [5, 5.41) is 0. The fourth-order valence-electron chi connectivity index (χ4n) is 2.16. The molecule has 1 fully saturated rings. The summed E-state index contributed by atoms with van der Waals surface area (Å²) in [5.41, 5.74) is 5.98. The van der Waals surface area contributed by atoms with Crippen LogP contribution in [0.1, 0.15) is 18.4 Å². The van der Waals surface area contributed by atoms with E-state index in [0.717, 1.165) is 25.5 Å². The minimum Gasteiger partial charge on any atom is -0.327 e. The van der Waals surface area contributed by atoms with Gasteiger partial charge in [0.05, 0.1) is 0 Å². The number of piperidine rings is 1. The summed E-state index contributed by atoms with van der Waals surface area (Å²) in [7, 11) is 0. The van der Waals surface area contributed by atoms with Crippen molar-refractivity contribution in [2.75, 3.05) is 13.1 Å². The molecular formula is C12H16ClF3N2. The Bertz CT molecular complexity index is 415. The van der Waals surface area contributed by atoms with Gasteiger partial charge in [-0.3, -0.25) is 4.90 Å². The summed E-state index contributed by atoms with van der Waals surface area (Å²) in [6, 6.07) is 1.59. The minimum absolute atomic E-state index is 0. The third-order valence-electron chi connectivity index (χ3n) is 3.03. The van der Waals surface area contributed by atoms with Crippen LogP contribution in [0.25, 0.3) is 0 Å². The maximum Gasteiger partial charge on any atom is 0.161 e. The second kappa shape index (κ2) is 6.41. The van der Waals surface area contributed by atoms with Crippen LogP contribution in [0.4, 0.5) is 13.2 Å². The number of rotatable bonds is 2. The Hall–Kier alpha value is -0.780. The fourth-order valence-corrected chi connectivity index (χ4v) is 2.16. The third-order valence-corrected chi connectivity index (χ3v) is 3.03. The molecule has 0 bridgehead atoms. The Morgan fingerprint density at radius 1 is 1.17 bits per heavy atom. The van der Waals surface area contributed by atoms with Crippen molar-refractivity contribution in [3.8, 4) is 0 Å². The topological polar surface area (TPSA) is 29.3 Å². The van der Waals surface area contributed by atoms with Gasteiger partial charge in [-0.25, -0.2) is 13.2 Å². The number of halogens is 4. The lowest BCUT2D eigenvalue weighted by Gasteiger charge is -2.30. The summed E-state index contributed by atoms with van der Waals surface area (Å²) < 4.78 is 39.2. The molecular weight excluding hydrogens is 265 g/mol. The van der Waals surface area contributed by atoms with E-state index in [1.165, 1.54) is 0 Å². The first-order chi connectivity index (χ1) is 8.06. The van der Waals surface area contributed by atoms with Gasteiger partial charge in [0.15, 0.2) is 11.6 Å². The average molecular weight is 281 g/mol. The highest BCUT2D eigenvalue weighted by atomic mass is 35.5. The number of hydrogen-bond acceptors (Lipinski definition) is 2. The van der Waals surface area contributed by atoms with E-state index in [1.54, 1.807) is 0 Å². The lowest BCUT2D eigenvalue weighted by atomic mass is 10.1. The molecule has 1 unspecified atom stereocenters. The Morgan fingerprint density at radius 3 is 2.50 bits per heavy atom. The summed E-state index contributed by atoms with van der Waals surface area (Å²) in [6.07, 6.45) is 1.91. The molecule has 1 aromatic carbocycles. The monoisotopic (exact) mass is 280 g/mol. The van der Waals surface area contributed by atoms with E-state index in [-0.39, 0.29) is 30.6 Å². The van der Waals surface area contributed by atoms with E-state index in [1.807, 2.05) is 4.90 Å². The Morgan fingerprint density at radius 2 is 1.83 bits per heavy atom. The van der Waals surface area contributed by atoms with Gasteiger partial charge in [0.2, 0.25) is 0 Å². The van der Waals surface area contributed by atoms with Crippen LogP contribution in [-0.2, 0) is 6.54 Å². The first-order valence-electron chi connectivity index (χ1n) is 5.67. The van der Waals surface area contributed by atoms with Crippen LogP contribution in [0, 0.1) is 17.5 Å². The van der Waals surface area contributed by atoms with Gasteiger partial charge < -0.3 is 5.73 Å². The average Bonchev–Trinajstić information content (AvgIpc) is 2.26. The van der Waals surface area contributed by atoms with Gasteiger partial charge >= 0.3 is 0 Å². The molecule has 1 saturated heterocycles. The van der Waals surface area contributed by atoms with E-state index in [9.17, 15) is 13.2 Å². The summed E-state index contributed by atoms with van der Waals surface area (Å²) >= 11 is 0. The van der Waals surface area contributed by atoms with Crippen LogP contribution in [0.2, 0.25) is 0 Å². The highest BCUT2D eigenvalue weighted by molar-refractivity contribution is 5.85. The Kier molecular flexibility index (Phi) is 5.44. The molecule has 1 aliphatic rings. The molecule has 6 heteroatoms. The van der Waals surface area contributed by atoms with Crippen LogP contribution in [0.15, 0.2) is 12.1 Å². The van der Waals surface area contributed by atoms with Crippen molar-refractivity contribution in [3.63, 3.8) is 0 Å². The SMILES string of the molecule is Cl.NC1CCCN(Cc2cc(F)c(F)cc2F)C1. The van der Waals surface area contributed by atoms with Crippen LogP contribution in [0.5, 0.6) is 0 Å². The molecule has 102 valence electrons. The van der Waals surface area contributed by atoms with Crippen molar-refractivity contribution in [2.45, 2.75) is 25.4 Å². The second-order valence-corrected chi connectivity index (χ2v) is 4.50. The number of hydrogen-bond donors (Lipinski definition) is 1. The van der Waals surface area contributed by atoms with Crippen molar-refractivity contribution in [3.05, 3.63) is 35.1 Å². The molecule has 1 aliphatic heterocycles. The minimum atomic E-state index is -1.15. The van der Waals surface area contributed by atoms with E-state index in [4.69, 9.17) is 5.73 Å². The summed E-state index contributed by atoms with van der Waals surface area (Å²) in [5.74, 6) is -2.87. The quantitative estimate of drug-likeness (QED) is 0.843. The molecule has 0 saturated carbocycles. The largest absolute Gasteiger partial charge is 0.327 e. The molecule has 0 amide bonds. The zero-order valence-corrected chi connectivity index (χ0v) is 10.7. The van der Waals surface area contributed by atoms with Crippen molar-refractivity contribution in [2.24, 2.45) is 5.73 Å². The molecule has 2 nitrogen and oxygen atoms in total. The molecule has 0 radical (unpaired) electrons. The molecule has 0 spiro atoms. The number of benzene rings is 1. The van der Waals surface area contributed by atoms with Crippen molar-refractivity contribution in [1.29, 1.82) is 0 Å². The van der Waals surface area contributed by atoms with Gasteiger partial charge in [0, 0.05) is 30.8 Å². The zero-order chi connectivity index (χ0) is 12.4. The van der Waals surface area contributed by atoms with Crippen LogP contribution in [0.3, 0.4) is 0 Å². The lowest BCUT2D eigenvalue weighted by Crippen LogP contribution is -2.42. The van der Waals surface area contributed by atoms with Crippen molar-refractivity contribution < 1.29 is 13.2 Å². The molecule has 18 heavy (non-hydrogen) atoms. The Balaban J connectivity index is 0.00000162. The highest BCUT2D eigenvalue weighted by Gasteiger charge is 2.19.